The first-order valence-corrected chi connectivity index (χ1v) is 6.60. The zero-order chi connectivity index (χ0) is 16.7. The van der Waals surface area contributed by atoms with Crippen molar-refractivity contribution in [3.63, 3.8) is 0 Å². The number of carbonyl (C=O) groups is 2. The van der Waals surface area contributed by atoms with Crippen LogP contribution in [0.2, 0.25) is 0 Å². The fraction of sp³-hybridized carbons (Fsp3) is 0.312. The summed E-state index contributed by atoms with van der Waals surface area (Å²) < 4.78 is 9.95. The number of rotatable bonds is 7. The SMILES string of the molecule is COCc1cccc(C(=O)OC/C(O)=C(\C(C)=N)C(C)=O)c1. The monoisotopic (exact) mass is 305 g/mol. The summed E-state index contributed by atoms with van der Waals surface area (Å²) in [5.41, 5.74) is 0.916. The third kappa shape index (κ3) is 4.82. The summed E-state index contributed by atoms with van der Waals surface area (Å²) in [7, 11) is 1.55. The van der Waals surface area contributed by atoms with Crippen molar-refractivity contribution < 1.29 is 24.2 Å². The topological polar surface area (TPSA) is 96.7 Å². The molecule has 6 heteroatoms. The summed E-state index contributed by atoms with van der Waals surface area (Å²) in [6.45, 7) is 2.52. The summed E-state index contributed by atoms with van der Waals surface area (Å²) in [6.07, 6.45) is 0. The molecule has 0 saturated carbocycles. The lowest BCUT2D eigenvalue weighted by Gasteiger charge is -2.09. The van der Waals surface area contributed by atoms with E-state index in [1.165, 1.54) is 13.8 Å². The van der Waals surface area contributed by atoms with Crippen molar-refractivity contribution in [3.8, 4) is 0 Å². The van der Waals surface area contributed by atoms with Crippen LogP contribution in [0.1, 0.15) is 29.8 Å². The molecule has 1 rings (SSSR count). The average Bonchev–Trinajstić information content (AvgIpc) is 2.44. The Kier molecular flexibility index (Phi) is 6.47. The minimum Gasteiger partial charge on any atom is -0.508 e. The van der Waals surface area contributed by atoms with Crippen LogP contribution >= 0.6 is 0 Å². The normalized spacial score (nSPS) is 11.6. The van der Waals surface area contributed by atoms with Gasteiger partial charge in [-0.3, -0.25) is 4.79 Å². The van der Waals surface area contributed by atoms with Crippen molar-refractivity contribution in [2.45, 2.75) is 20.5 Å². The molecule has 6 nitrogen and oxygen atoms in total. The van der Waals surface area contributed by atoms with E-state index in [4.69, 9.17) is 14.9 Å². The molecule has 0 heterocycles. The summed E-state index contributed by atoms with van der Waals surface area (Å²) in [5.74, 6) is -1.51. The van der Waals surface area contributed by atoms with Crippen LogP contribution in [0.25, 0.3) is 0 Å². The quantitative estimate of drug-likeness (QED) is 0.349. The van der Waals surface area contributed by atoms with Gasteiger partial charge in [0.05, 0.1) is 17.7 Å². The number of hydrogen-bond donors (Lipinski definition) is 2. The molecule has 0 atom stereocenters. The fourth-order valence-electron chi connectivity index (χ4n) is 1.93. The van der Waals surface area contributed by atoms with Crippen LogP contribution < -0.4 is 0 Å². The van der Waals surface area contributed by atoms with Crippen molar-refractivity contribution in [2.75, 3.05) is 13.7 Å². The molecular formula is C16H19NO5. The molecule has 0 saturated heterocycles. The van der Waals surface area contributed by atoms with Gasteiger partial charge in [-0.05, 0) is 31.5 Å². The van der Waals surface area contributed by atoms with E-state index >= 15 is 0 Å². The third-order valence-electron chi connectivity index (χ3n) is 2.83. The number of methoxy groups -OCH3 is 1. The molecule has 0 amide bonds. The number of esters is 1. The second-order valence-corrected chi connectivity index (χ2v) is 4.71. The predicted molar refractivity (Wildman–Crippen MR) is 81.2 cm³/mol. The molecule has 1 aromatic rings. The first-order valence-electron chi connectivity index (χ1n) is 6.60. The van der Waals surface area contributed by atoms with Crippen LogP contribution in [0, 0.1) is 5.41 Å². The standard InChI is InChI=1S/C16H19NO5/c1-10(17)15(11(2)18)14(19)9-22-16(20)13-6-4-5-12(7-13)8-21-3/h4-7,17,19H,8-9H2,1-3H3/b15-14-,17-10?. The van der Waals surface area contributed by atoms with Crippen molar-refractivity contribution >= 4 is 17.5 Å². The molecule has 0 spiro atoms. The van der Waals surface area contributed by atoms with Gasteiger partial charge in [-0.15, -0.1) is 0 Å². The van der Waals surface area contributed by atoms with Crippen LogP contribution in [0.4, 0.5) is 0 Å². The second kappa shape index (κ2) is 8.09. The highest BCUT2D eigenvalue weighted by atomic mass is 16.5. The van der Waals surface area contributed by atoms with Gasteiger partial charge in [-0.25, -0.2) is 4.79 Å². The Balaban J connectivity index is 2.81. The molecule has 0 radical (unpaired) electrons. The van der Waals surface area contributed by atoms with Crippen molar-refractivity contribution in [1.29, 1.82) is 5.41 Å². The molecule has 118 valence electrons. The highest BCUT2D eigenvalue weighted by molar-refractivity contribution is 6.19. The Hall–Kier alpha value is -2.47. The van der Waals surface area contributed by atoms with Gasteiger partial charge >= 0.3 is 5.97 Å². The van der Waals surface area contributed by atoms with Crippen LogP contribution in [0.15, 0.2) is 35.6 Å². The van der Waals surface area contributed by atoms with Crippen LogP contribution in [-0.2, 0) is 20.9 Å². The van der Waals surface area contributed by atoms with Crippen LogP contribution in [0.3, 0.4) is 0 Å². The van der Waals surface area contributed by atoms with Crippen molar-refractivity contribution in [1.82, 2.24) is 0 Å². The van der Waals surface area contributed by atoms with Crippen LogP contribution in [-0.4, -0.2) is 36.3 Å². The molecule has 0 unspecified atom stereocenters. The van der Waals surface area contributed by atoms with Gasteiger partial charge in [-0.1, -0.05) is 12.1 Å². The van der Waals surface area contributed by atoms with Crippen LogP contribution in [0.5, 0.6) is 0 Å². The van der Waals surface area contributed by atoms with E-state index in [-0.39, 0.29) is 11.3 Å². The van der Waals surface area contributed by atoms with E-state index in [2.05, 4.69) is 0 Å². The Morgan fingerprint density at radius 1 is 1.27 bits per heavy atom. The molecule has 0 aliphatic carbocycles. The first-order chi connectivity index (χ1) is 10.4. The number of ether oxygens (including phenoxy) is 2. The highest BCUT2D eigenvalue weighted by Gasteiger charge is 2.16. The molecule has 1 aromatic carbocycles. The third-order valence-corrected chi connectivity index (χ3v) is 2.83. The average molecular weight is 305 g/mol. The van der Waals surface area contributed by atoms with E-state index in [1.807, 2.05) is 6.07 Å². The maximum absolute atomic E-state index is 11.9. The summed E-state index contributed by atoms with van der Waals surface area (Å²) in [4.78, 5) is 23.3. The number of Topliss-reactive ketones (excluding diaryl/α,β-unsaturated/α-hetero) is 1. The minimum absolute atomic E-state index is 0.0804. The maximum Gasteiger partial charge on any atom is 0.338 e. The van der Waals surface area contributed by atoms with Gasteiger partial charge in [0.25, 0.3) is 0 Å². The largest absolute Gasteiger partial charge is 0.508 e. The van der Waals surface area contributed by atoms with E-state index in [0.717, 1.165) is 5.56 Å². The number of carbonyl (C=O) groups excluding carboxylic acids is 2. The van der Waals surface area contributed by atoms with Gasteiger partial charge in [-0.2, -0.15) is 0 Å². The number of hydrogen-bond acceptors (Lipinski definition) is 6. The van der Waals surface area contributed by atoms with E-state index in [9.17, 15) is 14.7 Å². The summed E-state index contributed by atoms with van der Waals surface area (Å²) >= 11 is 0. The van der Waals surface area contributed by atoms with E-state index < -0.39 is 24.1 Å². The van der Waals surface area contributed by atoms with E-state index in [0.29, 0.717) is 12.2 Å². The lowest BCUT2D eigenvalue weighted by atomic mass is 10.1. The molecule has 2 N–H and O–H groups in total. The van der Waals surface area contributed by atoms with Gasteiger partial charge in [0.2, 0.25) is 0 Å². The molecule has 0 aromatic heterocycles. The minimum atomic E-state index is -0.630. The fourth-order valence-corrected chi connectivity index (χ4v) is 1.93. The molecule has 22 heavy (non-hydrogen) atoms. The maximum atomic E-state index is 11.9. The summed E-state index contributed by atoms with van der Waals surface area (Å²) in [5, 5.41) is 17.2. The number of nitrogens with one attached hydrogen (secondary N) is 1. The molecule has 0 fully saturated rings. The summed E-state index contributed by atoms with van der Waals surface area (Å²) in [6, 6.07) is 6.71. The highest BCUT2D eigenvalue weighted by Crippen LogP contribution is 2.10. The number of ketones is 1. The molecule has 0 aliphatic heterocycles. The number of allylic oxidation sites excluding steroid dienone is 1. The zero-order valence-electron chi connectivity index (χ0n) is 12.8. The number of aliphatic hydroxyl groups is 1. The number of aliphatic hydroxyl groups excluding tert-OH is 1. The number of benzene rings is 1. The van der Waals surface area contributed by atoms with E-state index in [1.54, 1.807) is 25.3 Å². The lowest BCUT2D eigenvalue weighted by Crippen LogP contribution is -2.15. The molecular weight excluding hydrogens is 286 g/mol. The van der Waals surface area contributed by atoms with Gasteiger partial charge in [0, 0.05) is 12.8 Å². The Bertz CT molecular complexity index is 603. The Morgan fingerprint density at radius 3 is 2.50 bits per heavy atom. The van der Waals surface area contributed by atoms with Gasteiger partial charge < -0.3 is 20.0 Å². The van der Waals surface area contributed by atoms with Gasteiger partial charge in [0.15, 0.2) is 5.78 Å². The smallest absolute Gasteiger partial charge is 0.338 e. The van der Waals surface area contributed by atoms with Crippen molar-refractivity contribution in [2.24, 2.45) is 0 Å². The Labute approximate surface area is 128 Å². The zero-order valence-corrected chi connectivity index (χ0v) is 12.8. The van der Waals surface area contributed by atoms with Crippen molar-refractivity contribution in [3.05, 3.63) is 46.7 Å². The predicted octanol–water partition coefficient (Wildman–Crippen LogP) is 2.43. The lowest BCUT2D eigenvalue weighted by molar-refractivity contribution is -0.113. The molecule has 0 bridgehead atoms. The van der Waals surface area contributed by atoms with Gasteiger partial charge in [0.1, 0.15) is 12.4 Å². The second-order valence-electron chi connectivity index (χ2n) is 4.71. The first kappa shape index (κ1) is 17.6. The molecule has 0 aliphatic rings. The Morgan fingerprint density at radius 2 is 1.95 bits per heavy atom.